The SMILES string of the molecule is COc1ccc(-c2ccccn2)c(Nc2ccccc2)c1. The number of anilines is 2. The zero-order chi connectivity index (χ0) is 14.5. The highest BCUT2D eigenvalue weighted by Crippen LogP contribution is 2.32. The number of para-hydroxylation sites is 1. The second-order valence-electron chi connectivity index (χ2n) is 4.62. The molecule has 0 aliphatic rings. The monoisotopic (exact) mass is 276 g/mol. The third kappa shape index (κ3) is 3.03. The average molecular weight is 276 g/mol. The van der Waals surface area contributed by atoms with Crippen molar-refractivity contribution >= 4 is 11.4 Å². The molecule has 0 saturated heterocycles. The number of aromatic nitrogens is 1. The normalized spacial score (nSPS) is 10.1. The van der Waals surface area contributed by atoms with Crippen molar-refractivity contribution in [2.45, 2.75) is 0 Å². The van der Waals surface area contributed by atoms with Gasteiger partial charge in [-0.05, 0) is 36.4 Å². The van der Waals surface area contributed by atoms with Gasteiger partial charge in [-0.1, -0.05) is 24.3 Å². The molecule has 2 aromatic carbocycles. The molecule has 0 bridgehead atoms. The topological polar surface area (TPSA) is 34.1 Å². The molecule has 0 fully saturated rings. The number of pyridine rings is 1. The Kier molecular flexibility index (Phi) is 3.83. The van der Waals surface area contributed by atoms with Crippen LogP contribution >= 0.6 is 0 Å². The summed E-state index contributed by atoms with van der Waals surface area (Å²) >= 11 is 0. The standard InChI is InChI=1S/C18H16N2O/c1-21-15-10-11-16(17-9-5-6-12-19-17)18(13-15)20-14-7-3-2-4-8-14/h2-13,20H,1H3. The molecular weight excluding hydrogens is 260 g/mol. The molecule has 1 heterocycles. The molecule has 0 aliphatic carbocycles. The molecular formula is C18H16N2O. The summed E-state index contributed by atoms with van der Waals surface area (Å²) < 4.78 is 5.32. The number of nitrogens with zero attached hydrogens (tertiary/aromatic N) is 1. The molecule has 0 aliphatic heterocycles. The minimum absolute atomic E-state index is 0.813. The number of ether oxygens (including phenoxy) is 1. The summed E-state index contributed by atoms with van der Waals surface area (Å²) in [6, 6.07) is 21.9. The van der Waals surface area contributed by atoms with Crippen molar-refractivity contribution in [3.8, 4) is 17.0 Å². The predicted molar refractivity (Wildman–Crippen MR) is 85.9 cm³/mol. The van der Waals surface area contributed by atoms with Crippen LogP contribution in [-0.4, -0.2) is 12.1 Å². The summed E-state index contributed by atoms with van der Waals surface area (Å²) in [5, 5.41) is 3.43. The van der Waals surface area contributed by atoms with Crippen molar-refractivity contribution in [1.29, 1.82) is 0 Å². The van der Waals surface area contributed by atoms with Crippen LogP contribution in [-0.2, 0) is 0 Å². The molecule has 21 heavy (non-hydrogen) atoms. The lowest BCUT2D eigenvalue weighted by Crippen LogP contribution is -1.95. The van der Waals surface area contributed by atoms with E-state index in [9.17, 15) is 0 Å². The molecule has 3 rings (SSSR count). The predicted octanol–water partition coefficient (Wildman–Crippen LogP) is 4.50. The van der Waals surface area contributed by atoms with Gasteiger partial charge in [0.2, 0.25) is 0 Å². The van der Waals surface area contributed by atoms with Gasteiger partial charge in [-0.3, -0.25) is 4.98 Å². The first-order valence-electron chi connectivity index (χ1n) is 6.78. The van der Waals surface area contributed by atoms with Gasteiger partial charge < -0.3 is 10.1 Å². The number of benzene rings is 2. The number of hydrogen-bond donors (Lipinski definition) is 1. The summed E-state index contributed by atoms with van der Waals surface area (Å²) in [7, 11) is 1.67. The molecule has 3 aromatic rings. The van der Waals surface area contributed by atoms with Crippen LogP contribution in [0.5, 0.6) is 5.75 Å². The van der Waals surface area contributed by atoms with Crippen molar-refractivity contribution in [2.75, 3.05) is 12.4 Å². The Morgan fingerprint density at radius 2 is 1.71 bits per heavy atom. The first-order chi connectivity index (χ1) is 10.4. The lowest BCUT2D eigenvalue weighted by Gasteiger charge is -2.13. The Bertz CT molecular complexity index is 712. The number of rotatable bonds is 4. The van der Waals surface area contributed by atoms with Crippen molar-refractivity contribution in [3.63, 3.8) is 0 Å². The van der Waals surface area contributed by atoms with Crippen LogP contribution < -0.4 is 10.1 Å². The lowest BCUT2D eigenvalue weighted by atomic mass is 10.1. The molecule has 0 radical (unpaired) electrons. The molecule has 3 nitrogen and oxygen atoms in total. The third-order valence-corrected chi connectivity index (χ3v) is 3.22. The van der Waals surface area contributed by atoms with Gasteiger partial charge in [0.05, 0.1) is 18.5 Å². The number of nitrogens with one attached hydrogen (secondary N) is 1. The first kappa shape index (κ1) is 13.2. The van der Waals surface area contributed by atoms with Gasteiger partial charge in [-0.25, -0.2) is 0 Å². The zero-order valence-corrected chi connectivity index (χ0v) is 11.8. The van der Waals surface area contributed by atoms with E-state index in [1.54, 1.807) is 13.3 Å². The molecule has 0 spiro atoms. The smallest absolute Gasteiger partial charge is 0.120 e. The third-order valence-electron chi connectivity index (χ3n) is 3.22. The summed E-state index contributed by atoms with van der Waals surface area (Å²) in [6.45, 7) is 0. The van der Waals surface area contributed by atoms with Gasteiger partial charge >= 0.3 is 0 Å². The van der Waals surface area contributed by atoms with E-state index in [-0.39, 0.29) is 0 Å². The maximum Gasteiger partial charge on any atom is 0.120 e. The fraction of sp³-hybridized carbons (Fsp3) is 0.0556. The fourth-order valence-corrected chi connectivity index (χ4v) is 2.18. The van der Waals surface area contributed by atoms with Gasteiger partial charge in [0.1, 0.15) is 5.75 Å². The summed E-state index contributed by atoms with van der Waals surface area (Å²) in [4.78, 5) is 4.43. The highest BCUT2D eigenvalue weighted by Gasteiger charge is 2.08. The Morgan fingerprint density at radius 3 is 2.43 bits per heavy atom. The minimum Gasteiger partial charge on any atom is -0.497 e. The minimum atomic E-state index is 0.813. The maximum atomic E-state index is 5.32. The molecule has 3 heteroatoms. The Labute approximate surface area is 124 Å². The fourth-order valence-electron chi connectivity index (χ4n) is 2.18. The van der Waals surface area contributed by atoms with Crippen molar-refractivity contribution in [3.05, 3.63) is 72.9 Å². The van der Waals surface area contributed by atoms with Crippen molar-refractivity contribution in [2.24, 2.45) is 0 Å². The van der Waals surface area contributed by atoms with Crippen molar-refractivity contribution in [1.82, 2.24) is 4.98 Å². The second-order valence-corrected chi connectivity index (χ2v) is 4.62. The molecule has 104 valence electrons. The van der Waals surface area contributed by atoms with Crippen LogP contribution in [0.4, 0.5) is 11.4 Å². The van der Waals surface area contributed by atoms with E-state index >= 15 is 0 Å². The molecule has 0 atom stereocenters. The molecule has 0 unspecified atom stereocenters. The van der Waals surface area contributed by atoms with E-state index in [1.807, 2.05) is 66.7 Å². The molecule has 1 aromatic heterocycles. The van der Waals surface area contributed by atoms with E-state index in [1.165, 1.54) is 0 Å². The highest BCUT2D eigenvalue weighted by atomic mass is 16.5. The van der Waals surface area contributed by atoms with E-state index in [4.69, 9.17) is 4.74 Å². The zero-order valence-electron chi connectivity index (χ0n) is 11.8. The van der Waals surface area contributed by atoms with E-state index in [0.717, 1.165) is 28.4 Å². The van der Waals surface area contributed by atoms with Crippen LogP contribution in [0.2, 0.25) is 0 Å². The van der Waals surface area contributed by atoms with Crippen molar-refractivity contribution < 1.29 is 4.74 Å². The Hall–Kier alpha value is -2.81. The van der Waals surface area contributed by atoms with Gasteiger partial charge in [0.15, 0.2) is 0 Å². The summed E-state index contributed by atoms with van der Waals surface area (Å²) in [5.41, 5.74) is 3.97. The van der Waals surface area contributed by atoms with Gasteiger partial charge in [-0.2, -0.15) is 0 Å². The van der Waals surface area contributed by atoms with Gasteiger partial charge in [-0.15, -0.1) is 0 Å². The highest BCUT2D eigenvalue weighted by molar-refractivity contribution is 5.80. The van der Waals surface area contributed by atoms with E-state index in [0.29, 0.717) is 0 Å². The van der Waals surface area contributed by atoms with E-state index < -0.39 is 0 Å². The lowest BCUT2D eigenvalue weighted by molar-refractivity contribution is 0.415. The molecule has 0 saturated carbocycles. The van der Waals surface area contributed by atoms with Crippen LogP contribution in [0.15, 0.2) is 72.9 Å². The van der Waals surface area contributed by atoms with Crippen LogP contribution in [0.3, 0.4) is 0 Å². The maximum absolute atomic E-state index is 5.32. The number of methoxy groups -OCH3 is 1. The summed E-state index contributed by atoms with van der Waals surface area (Å²) in [5.74, 6) is 0.813. The second kappa shape index (κ2) is 6.09. The molecule has 1 N–H and O–H groups in total. The Morgan fingerprint density at radius 1 is 0.905 bits per heavy atom. The first-order valence-corrected chi connectivity index (χ1v) is 6.78. The quantitative estimate of drug-likeness (QED) is 0.761. The van der Waals surface area contributed by atoms with Gasteiger partial charge in [0.25, 0.3) is 0 Å². The van der Waals surface area contributed by atoms with Crippen LogP contribution in [0, 0.1) is 0 Å². The van der Waals surface area contributed by atoms with Gasteiger partial charge in [0, 0.05) is 23.5 Å². The largest absolute Gasteiger partial charge is 0.497 e. The average Bonchev–Trinajstić information content (AvgIpc) is 2.56. The molecule has 0 amide bonds. The van der Waals surface area contributed by atoms with E-state index in [2.05, 4.69) is 10.3 Å². The Balaban J connectivity index is 2.04. The van der Waals surface area contributed by atoms with Crippen LogP contribution in [0.25, 0.3) is 11.3 Å². The number of hydrogen-bond acceptors (Lipinski definition) is 3. The van der Waals surface area contributed by atoms with Crippen LogP contribution in [0.1, 0.15) is 0 Å². The summed E-state index contributed by atoms with van der Waals surface area (Å²) in [6.07, 6.45) is 1.80.